The summed E-state index contributed by atoms with van der Waals surface area (Å²) in [5.41, 5.74) is 3.38. The lowest BCUT2D eigenvalue weighted by Gasteiger charge is -2.13. The number of imidazole rings is 1. The van der Waals surface area contributed by atoms with E-state index in [4.69, 9.17) is 0 Å². The summed E-state index contributed by atoms with van der Waals surface area (Å²) in [6, 6.07) is 10.4. The van der Waals surface area contributed by atoms with E-state index in [-0.39, 0.29) is 0 Å². The average molecular weight is 264 g/mol. The molecule has 4 heteroatoms. The predicted molar refractivity (Wildman–Crippen MR) is 79.1 cm³/mol. The Bertz CT molecular complexity index is 741. The lowest BCUT2D eigenvalue weighted by Crippen LogP contribution is -2.10. The summed E-state index contributed by atoms with van der Waals surface area (Å²) in [7, 11) is 0. The quantitative estimate of drug-likeness (QED) is 0.773. The van der Waals surface area contributed by atoms with Gasteiger partial charge in [-0.2, -0.15) is 0 Å². The molecule has 1 N–H and O–H groups in total. The first kappa shape index (κ1) is 11.6. The van der Waals surface area contributed by atoms with E-state index in [1.54, 1.807) is 0 Å². The van der Waals surface area contributed by atoms with Gasteiger partial charge in [-0.3, -0.25) is 4.98 Å². The van der Waals surface area contributed by atoms with Gasteiger partial charge in [0.1, 0.15) is 0 Å². The van der Waals surface area contributed by atoms with Crippen molar-refractivity contribution in [3.8, 4) is 5.69 Å². The largest absolute Gasteiger partial charge is 0.316 e. The summed E-state index contributed by atoms with van der Waals surface area (Å²) in [5, 5.41) is 4.57. The number of aromatic nitrogens is 3. The Hall–Kier alpha value is -2.20. The van der Waals surface area contributed by atoms with Gasteiger partial charge in [-0.05, 0) is 25.1 Å². The van der Waals surface area contributed by atoms with Crippen LogP contribution >= 0.6 is 0 Å². The molecule has 0 radical (unpaired) electrons. The lowest BCUT2D eigenvalue weighted by atomic mass is 10.1. The molecule has 4 nitrogen and oxygen atoms in total. The molecule has 3 heterocycles. The molecule has 4 rings (SSSR count). The van der Waals surface area contributed by atoms with Crippen LogP contribution in [-0.2, 0) is 0 Å². The van der Waals surface area contributed by atoms with E-state index in [1.807, 2.05) is 36.9 Å². The van der Waals surface area contributed by atoms with Gasteiger partial charge in [-0.15, -0.1) is 0 Å². The zero-order chi connectivity index (χ0) is 13.4. The summed E-state index contributed by atoms with van der Waals surface area (Å²) < 4.78 is 2.16. The molecule has 20 heavy (non-hydrogen) atoms. The van der Waals surface area contributed by atoms with Crippen LogP contribution < -0.4 is 5.32 Å². The molecule has 0 aliphatic carbocycles. The van der Waals surface area contributed by atoms with Crippen molar-refractivity contribution in [2.24, 2.45) is 0 Å². The Morgan fingerprint density at radius 2 is 2.15 bits per heavy atom. The molecule has 0 spiro atoms. The molecule has 0 bridgehead atoms. The molecule has 1 aromatic carbocycles. The van der Waals surface area contributed by atoms with Crippen molar-refractivity contribution in [2.75, 3.05) is 13.1 Å². The molecule has 100 valence electrons. The van der Waals surface area contributed by atoms with Gasteiger partial charge in [-0.25, -0.2) is 4.98 Å². The maximum Gasteiger partial charge on any atom is 0.0994 e. The van der Waals surface area contributed by atoms with Crippen LogP contribution in [0.2, 0.25) is 0 Å². The predicted octanol–water partition coefficient (Wildman–Crippen LogP) is 2.50. The summed E-state index contributed by atoms with van der Waals surface area (Å²) >= 11 is 0. The van der Waals surface area contributed by atoms with Gasteiger partial charge >= 0.3 is 0 Å². The fourth-order valence-electron chi connectivity index (χ4n) is 2.92. The monoisotopic (exact) mass is 264 g/mol. The van der Waals surface area contributed by atoms with Crippen LogP contribution in [0, 0.1) is 0 Å². The van der Waals surface area contributed by atoms with Crippen LogP contribution in [0.3, 0.4) is 0 Å². The van der Waals surface area contributed by atoms with E-state index in [2.05, 4.69) is 32.0 Å². The molecule has 1 aliphatic heterocycles. The fourth-order valence-corrected chi connectivity index (χ4v) is 2.92. The standard InChI is InChI=1S/C16H16N4/c1-2-4-15-12(3-1)7-14(9-19-15)20-11-18-10-16(20)13-5-6-17-8-13/h1-4,7,9-11,13,17H,5-6,8H2. The van der Waals surface area contributed by atoms with Crippen LogP contribution in [-0.4, -0.2) is 27.6 Å². The average Bonchev–Trinajstić information content (AvgIpc) is 3.17. The van der Waals surface area contributed by atoms with Crippen molar-refractivity contribution in [1.29, 1.82) is 0 Å². The Morgan fingerprint density at radius 1 is 1.20 bits per heavy atom. The highest BCUT2D eigenvalue weighted by molar-refractivity contribution is 5.80. The van der Waals surface area contributed by atoms with Gasteiger partial charge in [0, 0.05) is 29.7 Å². The minimum Gasteiger partial charge on any atom is -0.316 e. The van der Waals surface area contributed by atoms with E-state index >= 15 is 0 Å². The van der Waals surface area contributed by atoms with E-state index in [1.165, 1.54) is 12.1 Å². The number of hydrogen-bond acceptors (Lipinski definition) is 3. The molecule has 1 aliphatic rings. The number of nitrogens with one attached hydrogen (secondary N) is 1. The van der Waals surface area contributed by atoms with E-state index in [0.29, 0.717) is 5.92 Å². The van der Waals surface area contributed by atoms with Gasteiger partial charge in [-0.1, -0.05) is 18.2 Å². The fraction of sp³-hybridized carbons (Fsp3) is 0.250. The number of para-hydroxylation sites is 1. The first-order chi connectivity index (χ1) is 9.92. The number of nitrogens with zero attached hydrogens (tertiary/aromatic N) is 3. The van der Waals surface area contributed by atoms with Crippen LogP contribution in [0.5, 0.6) is 0 Å². The molecule has 1 unspecified atom stereocenters. The van der Waals surface area contributed by atoms with Crippen molar-refractivity contribution in [3.63, 3.8) is 0 Å². The van der Waals surface area contributed by atoms with Crippen LogP contribution in [0.1, 0.15) is 18.0 Å². The smallest absolute Gasteiger partial charge is 0.0994 e. The highest BCUT2D eigenvalue weighted by Gasteiger charge is 2.20. The number of rotatable bonds is 2. The second-order valence-corrected chi connectivity index (χ2v) is 5.26. The van der Waals surface area contributed by atoms with E-state index < -0.39 is 0 Å². The topological polar surface area (TPSA) is 42.7 Å². The van der Waals surface area contributed by atoms with Crippen LogP contribution in [0.15, 0.2) is 49.1 Å². The number of benzene rings is 1. The zero-order valence-electron chi connectivity index (χ0n) is 11.2. The van der Waals surface area contributed by atoms with Gasteiger partial charge in [0.25, 0.3) is 0 Å². The third-order valence-electron chi connectivity index (χ3n) is 4.00. The molecular weight excluding hydrogens is 248 g/mol. The summed E-state index contributed by atoms with van der Waals surface area (Å²) in [6.07, 6.45) is 6.97. The van der Waals surface area contributed by atoms with Crippen molar-refractivity contribution in [3.05, 3.63) is 54.7 Å². The SMILES string of the molecule is c1ccc2ncc(-n3cncc3C3CCNC3)cc2c1. The second kappa shape index (κ2) is 4.72. The van der Waals surface area contributed by atoms with E-state index in [0.717, 1.165) is 29.7 Å². The van der Waals surface area contributed by atoms with Crippen molar-refractivity contribution in [2.45, 2.75) is 12.3 Å². The van der Waals surface area contributed by atoms with Crippen molar-refractivity contribution >= 4 is 10.9 Å². The summed E-state index contributed by atoms with van der Waals surface area (Å²) in [5.74, 6) is 0.545. The molecule has 0 saturated carbocycles. The third-order valence-corrected chi connectivity index (χ3v) is 4.00. The maximum atomic E-state index is 4.54. The number of hydrogen-bond donors (Lipinski definition) is 1. The molecule has 1 saturated heterocycles. The maximum absolute atomic E-state index is 4.54. The lowest BCUT2D eigenvalue weighted by molar-refractivity contribution is 0.713. The molecular formula is C16H16N4. The first-order valence-electron chi connectivity index (χ1n) is 7.00. The molecule has 1 atom stereocenters. The first-order valence-corrected chi connectivity index (χ1v) is 7.00. The summed E-state index contributed by atoms with van der Waals surface area (Å²) in [6.45, 7) is 2.12. The highest BCUT2D eigenvalue weighted by Crippen LogP contribution is 2.25. The van der Waals surface area contributed by atoms with Crippen LogP contribution in [0.25, 0.3) is 16.6 Å². The van der Waals surface area contributed by atoms with E-state index in [9.17, 15) is 0 Å². The third kappa shape index (κ3) is 1.89. The second-order valence-electron chi connectivity index (χ2n) is 5.26. The minimum absolute atomic E-state index is 0.545. The number of fused-ring (bicyclic) bond motifs is 1. The minimum atomic E-state index is 0.545. The molecule has 1 fully saturated rings. The van der Waals surface area contributed by atoms with Crippen molar-refractivity contribution < 1.29 is 0 Å². The zero-order valence-corrected chi connectivity index (χ0v) is 11.2. The Labute approximate surface area is 117 Å². The molecule has 0 amide bonds. The van der Waals surface area contributed by atoms with Gasteiger partial charge in [0.2, 0.25) is 0 Å². The Morgan fingerprint density at radius 3 is 3.05 bits per heavy atom. The highest BCUT2D eigenvalue weighted by atomic mass is 15.1. The summed E-state index contributed by atoms with van der Waals surface area (Å²) in [4.78, 5) is 8.87. The molecule has 2 aromatic heterocycles. The normalized spacial score (nSPS) is 18.7. The van der Waals surface area contributed by atoms with Gasteiger partial charge in [0.05, 0.1) is 23.7 Å². The Kier molecular flexibility index (Phi) is 2.74. The number of pyridine rings is 1. The van der Waals surface area contributed by atoms with Gasteiger partial charge < -0.3 is 9.88 Å². The Balaban J connectivity index is 1.80. The van der Waals surface area contributed by atoms with Crippen LogP contribution in [0.4, 0.5) is 0 Å². The van der Waals surface area contributed by atoms with Crippen molar-refractivity contribution in [1.82, 2.24) is 19.9 Å². The molecule has 3 aromatic rings. The van der Waals surface area contributed by atoms with Gasteiger partial charge in [0.15, 0.2) is 0 Å².